The van der Waals surface area contributed by atoms with Gasteiger partial charge in [0.2, 0.25) is 10.0 Å². The van der Waals surface area contributed by atoms with Crippen LogP contribution in [0.5, 0.6) is 0 Å². The van der Waals surface area contributed by atoms with E-state index in [1.54, 1.807) is 6.07 Å². The fraction of sp³-hybridized carbons (Fsp3) is 0.167. The zero-order chi connectivity index (χ0) is 18.4. The molecule has 0 bridgehead atoms. The SMILES string of the molecule is O=C(NCCn1cccc1)c1ccc(S(=O)(=O)NCc2ccoc2)cc1. The predicted molar refractivity (Wildman–Crippen MR) is 95.9 cm³/mol. The summed E-state index contributed by atoms with van der Waals surface area (Å²) in [5, 5.41) is 2.80. The minimum atomic E-state index is -3.65. The average Bonchev–Trinajstić information content (AvgIpc) is 3.34. The van der Waals surface area contributed by atoms with Crippen molar-refractivity contribution in [2.45, 2.75) is 18.0 Å². The molecule has 0 atom stereocenters. The number of aromatic nitrogens is 1. The molecule has 26 heavy (non-hydrogen) atoms. The van der Waals surface area contributed by atoms with E-state index in [1.807, 2.05) is 29.1 Å². The predicted octanol–water partition coefficient (Wildman–Crippen LogP) is 1.99. The number of sulfonamides is 1. The van der Waals surface area contributed by atoms with Gasteiger partial charge in [0.15, 0.2) is 0 Å². The van der Waals surface area contributed by atoms with Gasteiger partial charge in [-0.1, -0.05) is 0 Å². The first kappa shape index (κ1) is 18.0. The molecule has 1 aromatic carbocycles. The van der Waals surface area contributed by atoms with Crippen molar-refractivity contribution in [3.63, 3.8) is 0 Å². The van der Waals surface area contributed by atoms with E-state index in [9.17, 15) is 13.2 Å². The molecule has 0 spiro atoms. The van der Waals surface area contributed by atoms with Gasteiger partial charge in [-0.05, 0) is 42.5 Å². The van der Waals surface area contributed by atoms with Gasteiger partial charge in [0.1, 0.15) is 0 Å². The number of hydrogen-bond acceptors (Lipinski definition) is 4. The molecule has 7 nitrogen and oxygen atoms in total. The molecule has 3 aromatic rings. The molecule has 2 aromatic heterocycles. The topological polar surface area (TPSA) is 93.3 Å². The molecule has 0 aliphatic rings. The van der Waals surface area contributed by atoms with Gasteiger partial charge in [-0.25, -0.2) is 13.1 Å². The minimum absolute atomic E-state index is 0.102. The fourth-order valence-electron chi connectivity index (χ4n) is 2.36. The normalized spacial score (nSPS) is 11.4. The molecule has 2 heterocycles. The van der Waals surface area contributed by atoms with E-state index in [0.717, 1.165) is 5.56 Å². The second-order valence-electron chi connectivity index (χ2n) is 5.66. The number of rotatable bonds is 8. The Balaban J connectivity index is 1.55. The number of carbonyl (C=O) groups excluding carboxylic acids is 1. The van der Waals surface area contributed by atoms with Gasteiger partial charge in [-0.15, -0.1) is 0 Å². The Bertz CT molecular complexity index is 931. The Hall–Kier alpha value is -2.84. The van der Waals surface area contributed by atoms with E-state index < -0.39 is 10.0 Å². The summed E-state index contributed by atoms with van der Waals surface area (Å²) in [6, 6.07) is 11.3. The maximum absolute atomic E-state index is 12.3. The third kappa shape index (κ3) is 4.62. The molecular weight excluding hydrogens is 354 g/mol. The second kappa shape index (κ2) is 8.03. The minimum Gasteiger partial charge on any atom is -0.472 e. The van der Waals surface area contributed by atoms with E-state index in [4.69, 9.17) is 4.42 Å². The first-order chi connectivity index (χ1) is 12.5. The van der Waals surface area contributed by atoms with Crippen LogP contribution < -0.4 is 10.0 Å². The Morgan fingerprint density at radius 1 is 1.08 bits per heavy atom. The molecule has 0 saturated carbocycles. The van der Waals surface area contributed by atoms with Crippen molar-refractivity contribution in [3.8, 4) is 0 Å². The Labute approximate surface area is 151 Å². The van der Waals surface area contributed by atoms with E-state index >= 15 is 0 Å². The molecule has 0 unspecified atom stereocenters. The Kier molecular flexibility index (Phi) is 5.55. The summed E-state index contributed by atoms with van der Waals surface area (Å²) in [5.74, 6) is -0.243. The van der Waals surface area contributed by atoms with Crippen molar-refractivity contribution in [3.05, 3.63) is 78.5 Å². The Morgan fingerprint density at radius 3 is 2.46 bits per heavy atom. The highest BCUT2D eigenvalue weighted by Gasteiger charge is 2.15. The van der Waals surface area contributed by atoms with Crippen LogP contribution in [0.1, 0.15) is 15.9 Å². The van der Waals surface area contributed by atoms with Crippen LogP contribution in [0.3, 0.4) is 0 Å². The third-order valence-corrected chi connectivity index (χ3v) is 5.21. The molecule has 136 valence electrons. The number of hydrogen-bond donors (Lipinski definition) is 2. The first-order valence-corrected chi connectivity index (χ1v) is 9.53. The van der Waals surface area contributed by atoms with Crippen LogP contribution in [-0.2, 0) is 23.1 Å². The molecule has 1 amide bonds. The van der Waals surface area contributed by atoms with E-state index in [0.29, 0.717) is 18.7 Å². The van der Waals surface area contributed by atoms with E-state index in [2.05, 4.69) is 10.0 Å². The summed E-state index contributed by atoms with van der Waals surface area (Å²) in [4.78, 5) is 12.2. The van der Waals surface area contributed by atoms with Gasteiger partial charge < -0.3 is 14.3 Å². The standard InChI is InChI=1S/C18H19N3O4S/c22-18(19-8-11-21-9-1-2-10-21)16-3-5-17(6-4-16)26(23,24)20-13-15-7-12-25-14-15/h1-7,9-10,12,14,20H,8,11,13H2,(H,19,22). The van der Waals surface area contributed by atoms with Crippen LogP contribution in [0.25, 0.3) is 0 Å². The van der Waals surface area contributed by atoms with Gasteiger partial charge >= 0.3 is 0 Å². The summed E-state index contributed by atoms with van der Waals surface area (Å²) in [6.45, 7) is 1.30. The van der Waals surface area contributed by atoms with E-state index in [-0.39, 0.29) is 17.3 Å². The lowest BCUT2D eigenvalue weighted by Gasteiger charge is -2.08. The van der Waals surface area contributed by atoms with Crippen molar-refractivity contribution in [1.82, 2.24) is 14.6 Å². The van der Waals surface area contributed by atoms with Crippen molar-refractivity contribution in [1.29, 1.82) is 0 Å². The Morgan fingerprint density at radius 2 is 1.81 bits per heavy atom. The van der Waals surface area contributed by atoms with Crippen molar-refractivity contribution >= 4 is 15.9 Å². The van der Waals surface area contributed by atoms with Crippen molar-refractivity contribution in [2.24, 2.45) is 0 Å². The largest absolute Gasteiger partial charge is 0.472 e. The monoisotopic (exact) mass is 373 g/mol. The van der Waals surface area contributed by atoms with Crippen LogP contribution in [0, 0.1) is 0 Å². The number of furan rings is 1. The zero-order valence-electron chi connectivity index (χ0n) is 14.0. The van der Waals surface area contributed by atoms with Gasteiger partial charge in [0.05, 0.1) is 17.4 Å². The van der Waals surface area contributed by atoms with Gasteiger partial charge in [-0.2, -0.15) is 0 Å². The lowest BCUT2D eigenvalue weighted by molar-refractivity contribution is 0.0952. The molecule has 2 N–H and O–H groups in total. The molecule has 0 saturated heterocycles. The maximum atomic E-state index is 12.3. The summed E-state index contributed by atoms with van der Waals surface area (Å²) in [7, 11) is -3.65. The smallest absolute Gasteiger partial charge is 0.251 e. The van der Waals surface area contributed by atoms with Crippen molar-refractivity contribution < 1.29 is 17.6 Å². The van der Waals surface area contributed by atoms with Gasteiger partial charge in [0, 0.05) is 43.2 Å². The van der Waals surface area contributed by atoms with Gasteiger partial charge in [-0.3, -0.25) is 4.79 Å². The first-order valence-electron chi connectivity index (χ1n) is 8.04. The van der Waals surface area contributed by atoms with Gasteiger partial charge in [0.25, 0.3) is 5.91 Å². The van der Waals surface area contributed by atoms with E-state index in [1.165, 1.54) is 36.8 Å². The second-order valence-corrected chi connectivity index (χ2v) is 7.42. The number of carbonyl (C=O) groups is 1. The number of nitrogens with zero attached hydrogens (tertiary/aromatic N) is 1. The van der Waals surface area contributed by atoms with Crippen LogP contribution in [0.4, 0.5) is 0 Å². The molecule has 0 aliphatic carbocycles. The molecule has 0 radical (unpaired) electrons. The van der Waals surface area contributed by atoms with Crippen LogP contribution in [0.2, 0.25) is 0 Å². The molecule has 0 fully saturated rings. The number of benzene rings is 1. The van der Waals surface area contributed by atoms with Crippen LogP contribution in [0.15, 0.2) is 76.7 Å². The average molecular weight is 373 g/mol. The summed E-state index contributed by atoms with van der Waals surface area (Å²) < 4.78 is 33.9. The molecule has 8 heteroatoms. The quantitative estimate of drug-likeness (QED) is 0.631. The third-order valence-electron chi connectivity index (χ3n) is 3.79. The molecular formula is C18H19N3O4S. The molecule has 0 aliphatic heterocycles. The van der Waals surface area contributed by atoms with Crippen LogP contribution >= 0.6 is 0 Å². The number of nitrogens with one attached hydrogen (secondary N) is 2. The van der Waals surface area contributed by atoms with Crippen molar-refractivity contribution in [2.75, 3.05) is 6.54 Å². The highest BCUT2D eigenvalue weighted by Crippen LogP contribution is 2.11. The lowest BCUT2D eigenvalue weighted by atomic mass is 10.2. The summed E-state index contributed by atoms with van der Waals surface area (Å²) >= 11 is 0. The number of amides is 1. The summed E-state index contributed by atoms with van der Waals surface area (Å²) in [6.07, 6.45) is 6.79. The van der Waals surface area contributed by atoms with Crippen LogP contribution in [-0.4, -0.2) is 25.4 Å². The highest BCUT2D eigenvalue weighted by molar-refractivity contribution is 7.89. The highest BCUT2D eigenvalue weighted by atomic mass is 32.2. The lowest BCUT2D eigenvalue weighted by Crippen LogP contribution is -2.27. The maximum Gasteiger partial charge on any atom is 0.251 e. The zero-order valence-corrected chi connectivity index (χ0v) is 14.8. The molecule has 3 rings (SSSR count). The fourth-order valence-corrected chi connectivity index (χ4v) is 3.38. The summed E-state index contributed by atoms with van der Waals surface area (Å²) in [5.41, 5.74) is 1.14.